The normalized spacial score (nSPS) is 13.9. The largest absolute Gasteiger partial charge is 0.436 e. The maximum atomic E-state index is 15.3. The van der Waals surface area contributed by atoms with Gasteiger partial charge in [-0.2, -0.15) is 52.7 Å². The second-order valence-corrected chi connectivity index (χ2v) is 11.3. The number of nitrogens with zero attached hydrogens (tertiary/aromatic N) is 2. The van der Waals surface area contributed by atoms with E-state index < -0.39 is 98.4 Å². The van der Waals surface area contributed by atoms with Crippen molar-refractivity contribution in [2.45, 2.75) is 55.3 Å². The van der Waals surface area contributed by atoms with Gasteiger partial charge in [0.05, 0.1) is 33.9 Å². The lowest BCUT2D eigenvalue weighted by Gasteiger charge is -2.31. The molecule has 0 N–H and O–H groups in total. The van der Waals surface area contributed by atoms with Crippen molar-refractivity contribution in [2.75, 3.05) is 0 Å². The molecule has 0 aliphatic rings. The summed E-state index contributed by atoms with van der Waals surface area (Å²) in [5, 5.41) is 0. The van der Waals surface area contributed by atoms with Gasteiger partial charge < -0.3 is 0 Å². The fraction of sp³-hybridized carbons (Fsp3) is 0.290. The highest BCUT2D eigenvalue weighted by atomic mass is 19.4. The van der Waals surface area contributed by atoms with Crippen molar-refractivity contribution in [3.8, 4) is 22.5 Å². The summed E-state index contributed by atoms with van der Waals surface area (Å²) in [5.74, 6) is -10.3. The van der Waals surface area contributed by atoms with Gasteiger partial charge in [0.2, 0.25) is 0 Å². The lowest BCUT2D eigenvalue weighted by Crippen LogP contribution is -2.51. The van der Waals surface area contributed by atoms with E-state index in [0.717, 1.165) is 36.4 Å². The molecule has 2 heterocycles. The van der Waals surface area contributed by atoms with Crippen LogP contribution in [0.15, 0.2) is 60.7 Å². The van der Waals surface area contributed by atoms with Gasteiger partial charge in [0, 0.05) is 16.5 Å². The van der Waals surface area contributed by atoms with E-state index in [-0.39, 0.29) is 23.5 Å². The molecule has 4 rings (SSSR count). The van der Waals surface area contributed by atoms with Gasteiger partial charge in [-0.3, -0.25) is 9.97 Å². The first kappa shape index (κ1) is 39.3. The molecule has 276 valence electrons. The molecule has 51 heavy (non-hydrogen) atoms. The van der Waals surface area contributed by atoms with E-state index in [9.17, 15) is 70.2 Å². The molecule has 0 saturated carbocycles. The summed E-state index contributed by atoms with van der Waals surface area (Å²) < 4.78 is 249. The van der Waals surface area contributed by atoms with E-state index in [0.29, 0.717) is 12.1 Å². The summed E-state index contributed by atoms with van der Waals surface area (Å²) >= 11 is 0. The average molecular weight is 758 g/mol. The molecule has 20 heteroatoms. The monoisotopic (exact) mass is 758 g/mol. The number of alkyl halides is 14. The minimum Gasteiger partial charge on any atom is -0.252 e. The molecule has 0 unspecified atom stereocenters. The lowest BCUT2D eigenvalue weighted by atomic mass is 9.84. The molecule has 0 fully saturated rings. The van der Waals surface area contributed by atoms with Crippen molar-refractivity contribution in [1.29, 1.82) is 0 Å². The van der Waals surface area contributed by atoms with Gasteiger partial charge in [0.15, 0.2) is 0 Å². The zero-order valence-electron chi connectivity index (χ0n) is 25.0. The van der Waals surface area contributed by atoms with Gasteiger partial charge in [-0.15, -0.1) is 0 Å². The predicted octanol–water partition coefficient (Wildman–Crippen LogP) is 11.3. The zero-order chi connectivity index (χ0) is 38.9. The van der Waals surface area contributed by atoms with Crippen molar-refractivity contribution in [1.82, 2.24) is 9.97 Å². The van der Waals surface area contributed by atoms with Crippen LogP contribution in [0, 0.1) is 23.3 Å². The van der Waals surface area contributed by atoms with Gasteiger partial charge in [0.1, 0.15) is 23.3 Å². The summed E-state index contributed by atoms with van der Waals surface area (Å²) in [7, 11) is 0. The highest BCUT2D eigenvalue weighted by Crippen LogP contribution is 2.56. The molecule has 0 spiro atoms. The average Bonchev–Trinajstić information content (AvgIpc) is 2.99. The quantitative estimate of drug-likeness (QED) is 0.183. The van der Waals surface area contributed by atoms with Crippen molar-refractivity contribution in [2.24, 2.45) is 0 Å². The van der Waals surface area contributed by atoms with Gasteiger partial charge in [-0.25, -0.2) is 26.3 Å². The van der Waals surface area contributed by atoms with Crippen LogP contribution in [0.3, 0.4) is 0 Å². The van der Waals surface area contributed by atoms with E-state index in [1.165, 1.54) is 13.8 Å². The minimum absolute atomic E-state index is 0.0702. The maximum Gasteiger partial charge on any atom is 0.436 e. The predicted molar refractivity (Wildman–Crippen MR) is 141 cm³/mol. The van der Waals surface area contributed by atoms with Crippen molar-refractivity contribution in [3.05, 3.63) is 106 Å². The van der Waals surface area contributed by atoms with Crippen LogP contribution in [0.1, 0.15) is 36.4 Å². The Hall–Kier alpha value is -4.52. The molecule has 2 aromatic carbocycles. The fourth-order valence-corrected chi connectivity index (χ4v) is 5.02. The number of pyridine rings is 2. The molecule has 2 nitrogen and oxygen atoms in total. The first-order valence-electron chi connectivity index (χ1n) is 13.6. The molecule has 0 radical (unpaired) electrons. The Labute approximate surface area is 273 Å². The smallest absolute Gasteiger partial charge is 0.252 e. The van der Waals surface area contributed by atoms with Crippen LogP contribution in [-0.2, 0) is 16.8 Å². The van der Waals surface area contributed by atoms with E-state index >= 15 is 8.78 Å². The molecule has 0 bridgehead atoms. The lowest BCUT2D eigenvalue weighted by molar-refractivity contribution is -0.351. The summed E-state index contributed by atoms with van der Waals surface area (Å²) in [6.07, 6.45) is -27.6. The van der Waals surface area contributed by atoms with Crippen LogP contribution >= 0.6 is 0 Å². The highest BCUT2D eigenvalue weighted by molar-refractivity contribution is 5.64. The highest BCUT2D eigenvalue weighted by Gasteiger charge is 2.76. The summed E-state index contributed by atoms with van der Waals surface area (Å²) in [6, 6.07) is 6.50. The van der Waals surface area contributed by atoms with Gasteiger partial charge in [-0.1, -0.05) is 12.1 Å². The number of benzene rings is 2. The fourth-order valence-electron chi connectivity index (χ4n) is 5.02. The van der Waals surface area contributed by atoms with Crippen LogP contribution in [0.5, 0.6) is 0 Å². The van der Waals surface area contributed by atoms with E-state index in [4.69, 9.17) is 0 Å². The Morgan fingerprint density at radius 1 is 0.412 bits per heavy atom. The number of aromatic nitrogens is 2. The zero-order valence-corrected chi connectivity index (χ0v) is 25.0. The maximum absolute atomic E-state index is 15.3. The Balaban J connectivity index is 1.87. The second-order valence-electron chi connectivity index (χ2n) is 11.3. The molecule has 0 atom stereocenters. The molecule has 0 aliphatic heterocycles. The SMILES string of the molecule is CC(C)(c1cccc(-c2ccc(F)c(C(F)(C(F)(F)F)C(F)(F)F)c2F)n1)c1cccc(-c2ccc(F)c(C(F)(C(F)(F)F)C(F)(F)F)c2F)n1. The summed E-state index contributed by atoms with van der Waals surface area (Å²) in [4.78, 5) is 7.90. The molecule has 2 aromatic heterocycles. The summed E-state index contributed by atoms with van der Waals surface area (Å²) in [6.45, 7) is 2.48. The third-order valence-electron chi connectivity index (χ3n) is 7.76. The van der Waals surface area contributed by atoms with Gasteiger partial charge in [0.25, 0.3) is 0 Å². The number of hydrogen-bond acceptors (Lipinski definition) is 2. The van der Waals surface area contributed by atoms with Crippen LogP contribution < -0.4 is 0 Å². The third kappa shape index (κ3) is 6.23. The standard InChI is InChI=1S/C31H16F18N2/c1-25(2,19-7-3-5-17(50-19)13-9-11-15(32)21(23(13)34)26(36,28(38,39)40)29(41,42)43)20-8-4-6-18(51-20)14-10-12-16(33)22(24(14)35)27(37,30(44,45)46)31(47,48)49/h3-12H,1-2H3. The van der Waals surface area contributed by atoms with Gasteiger partial charge >= 0.3 is 36.0 Å². The van der Waals surface area contributed by atoms with Crippen molar-refractivity contribution in [3.63, 3.8) is 0 Å². The Morgan fingerprint density at radius 3 is 0.980 bits per heavy atom. The topological polar surface area (TPSA) is 25.8 Å². The number of rotatable bonds is 6. The molecule has 4 aromatic rings. The minimum atomic E-state index is -6.89. The van der Waals surface area contributed by atoms with E-state index in [1.807, 2.05) is 0 Å². The molecular formula is C31H16F18N2. The van der Waals surface area contributed by atoms with Crippen molar-refractivity contribution < 1.29 is 79.0 Å². The summed E-state index contributed by atoms with van der Waals surface area (Å²) in [5.41, 5.74) is -25.4. The Kier molecular flexibility index (Phi) is 9.48. The van der Waals surface area contributed by atoms with Crippen LogP contribution in [0.25, 0.3) is 22.5 Å². The van der Waals surface area contributed by atoms with E-state index in [1.54, 1.807) is 0 Å². The first-order valence-corrected chi connectivity index (χ1v) is 13.6. The van der Waals surface area contributed by atoms with Crippen LogP contribution in [-0.4, -0.2) is 34.7 Å². The van der Waals surface area contributed by atoms with Gasteiger partial charge in [-0.05, 0) is 62.4 Å². The Bertz CT molecular complexity index is 1790. The first-order chi connectivity index (χ1) is 23.0. The van der Waals surface area contributed by atoms with E-state index in [2.05, 4.69) is 9.97 Å². The molecule has 0 amide bonds. The van der Waals surface area contributed by atoms with Crippen LogP contribution in [0.4, 0.5) is 79.0 Å². The number of hydrogen-bond donors (Lipinski definition) is 0. The second kappa shape index (κ2) is 12.3. The Morgan fingerprint density at radius 2 is 0.706 bits per heavy atom. The molecule has 0 saturated heterocycles. The molecule has 0 aliphatic carbocycles. The number of halogens is 18. The van der Waals surface area contributed by atoms with Crippen molar-refractivity contribution >= 4 is 0 Å². The van der Waals surface area contributed by atoms with Crippen LogP contribution in [0.2, 0.25) is 0 Å². The molecular weight excluding hydrogens is 742 g/mol. The third-order valence-corrected chi connectivity index (χ3v) is 7.76.